The number of hydrogen-bond donors (Lipinski definition) is 1. The minimum absolute atomic E-state index is 0.311. The highest BCUT2D eigenvalue weighted by Gasteiger charge is 2.11. The molecule has 0 bridgehead atoms. The van der Waals surface area contributed by atoms with Crippen LogP contribution in [0.1, 0.15) is 31.0 Å². The van der Waals surface area contributed by atoms with Crippen LogP contribution in [0.3, 0.4) is 0 Å². The average molecular weight is 319 g/mol. The van der Waals surface area contributed by atoms with E-state index in [9.17, 15) is 0 Å². The molecule has 3 heteroatoms. The van der Waals surface area contributed by atoms with E-state index in [1.165, 1.54) is 15.6 Å². The van der Waals surface area contributed by atoms with Crippen LogP contribution < -0.4 is 5.32 Å². The molecule has 100 valence electrons. The van der Waals surface area contributed by atoms with Crippen LogP contribution in [0.2, 0.25) is 0 Å². The van der Waals surface area contributed by atoms with Crippen molar-refractivity contribution in [1.29, 1.82) is 0 Å². The Kier molecular flexibility index (Phi) is 5.11. The fourth-order valence-electron chi connectivity index (χ4n) is 2.21. The third kappa shape index (κ3) is 4.15. The predicted molar refractivity (Wildman–Crippen MR) is 83.1 cm³/mol. The van der Waals surface area contributed by atoms with Gasteiger partial charge in [0.1, 0.15) is 0 Å². The molecule has 0 amide bonds. The summed E-state index contributed by atoms with van der Waals surface area (Å²) < 4.78 is 1.18. The standard InChI is InChI=1S/C16H19BrN2/c1-12(10-14-6-3-4-8-16(14)17)19-13(2)15-7-5-9-18-11-15/h3-9,11-13,19H,10H2,1-2H3/t12-,13-/m0/s1. The van der Waals surface area contributed by atoms with Gasteiger partial charge in [0.05, 0.1) is 0 Å². The lowest BCUT2D eigenvalue weighted by Gasteiger charge is -2.20. The van der Waals surface area contributed by atoms with E-state index in [1.807, 2.05) is 18.3 Å². The number of nitrogens with one attached hydrogen (secondary N) is 1. The molecule has 0 aliphatic heterocycles. The van der Waals surface area contributed by atoms with Crippen molar-refractivity contribution in [2.45, 2.75) is 32.4 Å². The Bertz CT molecular complexity index is 513. The van der Waals surface area contributed by atoms with Gasteiger partial charge in [-0.05, 0) is 43.5 Å². The Morgan fingerprint density at radius 1 is 1.16 bits per heavy atom. The molecular formula is C16H19BrN2. The van der Waals surface area contributed by atoms with Crippen LogP contribution in [0.15, 0.2) is 53.3 Å². The molecule has 0 aliphatic rings. The van der Waals surface area contributed by atoms with E-state index in [0.717, 1.165) is 6.42 Å². The molecule has 0 fully saturated rings. The molecule has 1 aromatic carbocycles. The first-order valence-corrected chi connectivity index (χ1v) is 7.35. The Hall–Kier alpha value is -1.19. The number of halogens is 1. The lowest BCUT2D eigenvalue weighted by molar-refractivity contribution is 0.476. The van der Waals surface area contributed by atoms with Gasteiger partial charge in [0.2, 0.25) is 0 Å². The summed E-state index contributed by atoms with van der Waals surface area (Å²) in [6, 6.07) is 13.2. The summed E-state index contributed by atoms with van der Waals surface area (Å²) in [7, 11) is 0. The number of pyridine rings is 1. The first kappa shape index (κ1) is 14.2. The van der Waals surface area contributed by atoms with E-state index in [4.69, 9.17) is 0 Å². The van der Waals surface area contributed by atoms with Crippen molar-refractivity contribution in [3.8, 4) is 0 Å². The minimum Gasteiger partial charge on any atom is -0.307 e. The largest absolute Gasteiger partial charge is 0.307 e. The Labute approximate surface area is 123 Å². The van der Waals surface area contributed by atoms with Crippen LogP contribution in [-0.4, -0.2) is 11.0 Å². The second-order valence-electron chi connectivity index (χ2n) is 4.87. The zero-order valence-corrected chi connectivity index (χ0v) is 12.9. The van der Waals surface area contributed by atoms with Gasteiger partial charge in [-0.1, -0.05) is 40.2 Å². The summed E-state index contributed by atoms with van der Waals surface area (Å²) in [6.45, 7) is 4.39. The molecule has 1 N–H and O–H groups in total. The van der Waals surface area contributed by atoms with Gasteiger partial charge in [0, 0.05) is 29.0 Å². The van der Waals surface area contributed by atoms with Crippen molar-refractivity contribution in [1.82, 2.24) is 10.3 Å². The van der Waals surface area contributed by atoms with Gasteiger partial charge >= 0.3 is 0 Å². The predicted octanol–water partition coefficient (Wildman–Crippen LogP) is 4.13. The maximum atomic E-state index is 4.16. The maximum Gasteiger partial charge on any atom is 0.0315 e. The van der Waals surface area contributed by atoms with Crippen molar-refractivity contribution in [2.75, 3.05) is 0 Å². The van der Waals surface area contributed by atoms with Gasteiger partial charge in [-0.2, -0.15) is 0 Å². The minimum atomic E-state index is 0.311. The highest BCUT2D eigenvalue weighted by Crippen LogP contribution is 2.18. The molecular weight excluding hydrogens is 300 g/mol. The van der Waals surface area contributed by atoms with E-state index in [-0.39, 0.29) is 0 Å². The van der Waals surface area contributed by atoms with Crippen LogP contribution in [0.25, 0.3) is 0 Å². The zero-order chi connectivity index (χ0) is 13.7. The molecule has 1 aromatic heterocycles. The molecule has 0 radical (unpaired) electrons. The lowest BCUT2D eigenvalue weighted by Crippen LogP contribution is -2.30. The van der Waals surface area contributed by atoms with Gasteiger partial charge in [-0.3, -0.25) is 4.98 Å². The third-order valence-corrected chi connectivity index (χ3v) is 3.98. The summed E-state index contributed by atoms with van der Waals surface area (Å²) in [5.41, 5.74) is 2.56. The van der Waals surface area contributed by atoms with E-state index in [1.54, 1.807) is 6.20 Å². The van der Waals surface area contributed by atoms with Crippen LogP contribution in [0.4, 0.5) is 0 Å². The fraction of sp³-hybridized carbons (Fsp3) is 0.312. The summed E-state index contributed by atoms with van der Waals surface area (Å²) >= 11 is 3.60. The maximum absolute atomic E-state index is 4.16. The average Bonchev–Trinajstić information content (AvgIpc) is 2.42. The van der Waals surface area contributed by atoms with Crippen molar-refractivity contribution in [3.63, 3.8) is 0 Å². The smallest absolute Gasteiger partial charge is 0.0315 e. The van der Waals surface area contributed by atoms with E-state index in [0.29, 0.717) is 12.1 Å². The van der Waals surface area contributed by atoms with Gasteiger partial charge in [-0.15, -0.1) is 0 Å². The van der Waals surface area contributed by atoms with Crippen molar-refractivity contribution in [3.05, 3.63) is 64.4 Å². The van der Waals surface area contributed by atoms with Gasteiger partial charge < -0.3 is 5.32 Å². The normalized spacial score (nSPS) is 14.1. The molecule has 2 atom stereocenters. The molecule has 2 rings (SSSR count). The SMILES string of the molecule is C[C@H](N[C@@H](C)Cc1ccccc1Br)c1cccnc1. The highest BCUT2D eigenvalue weighted by molar-refractivity contribution is 9.10. The van der Waals surface area contributed by atoms with Gasteiger partial charge in [-0.25, -0.2) is 0 Å². The third-order valence-electron chi connectivity index (χ3n) is 3.20. The van der Waals surface area contributed by atoms with Gasteiger partial charge in [0.25, 0.3) is 0 Å². The lowest BCUT2D eigenvalue weighted by atomic mass is 10.0. The second-order valence-corrected chi connectivity index (χ2v) is 5.73. The Morgan fingerprint density at radius 2 is 1.95 bits per heavy atom. The zero-order valence-electron chi connectivity index (χ0n) is 11.3. The van der Waals surface area contributed by atoms with Crippen molar-refractivity contribution < 1.29 is 0 Å². The van der Waals surface area contributed by atoms with Crippen molar-refractivity contribution >= 4 is 15.9 Å². The molecule has 1 heterocycles. The Morgan fingerprint density at radius 3 is 2.63 bits per heavy atom. The van der Waals surface area contributed by atoms with Crippen LogP contribution in [0, 0.1) is 0 Å². The molecule has 2 aromatic rings. The molecule has 0 unspecified atom stereocenters. The molecule has 0 spiro atoms. The molecule has 0 saturated heterocycles. The topological polar surface area (TPSA) is 24.9 Å². The second kappa shape index (κ2) is 6.83. The molecule has 0 saturated carbocycles. The van der Waals surface area contributed by atoms with Crippen molar-refractivity contribution in [2.24, 2.45) is 0 Å². The molecule has 0 aliphatic carbocycles. The van der Waals surface area contributed by atoms with E-state index < -0.39 is 0 Å². The summed E-state index contributed by atoms with van der Waals surface area (Å²) in [5, 5.41) is 3.61. The van der Waals surface area contributed by atoms with Crippen LogP contribution in [-0.2, 0) is 6.42 Å². The van der Waals surface area contributed by atoms with Gasteiger partial charge in [0.15, 0.2) is 0 Å². The van der Waals surface area contributed by atoms with Crippen LogP contribution in [0.5, 0.6) is 0 Å². The first-order chi connectivity index (χ1) is 9.16. The van der Waals surface area contributed by atoms with E-state index in [2.05, 4.69) is 64.3 Å². The summed E-state index contributed by atoms with van der Waals surface area (Å²) in [4.78, 5) is 4.16. The number of nitrogens with zero attached hydrogens (tertiary/aromatic N) is 1. The number of aromatic nitrogens is 1. The first-order valence-electron chi connectivity index (χ1n) is 6.56. The summed E-state index contributed by atoms with van der Waals surface area (Å²) in [6.07, 6.45) is 4.73. The molecule has 19 heavy (non-hydrogen) atoms. The van der Waals surface area contributed by atoms with E-state index >= 15 is 0 Å². The Balaban J connectivity index is 1.95. The summed E-state index contributed by atoms with van der Waals surface area (Å²) in [5.74, 6) is 0. The highest BCUT2D eigenvalue weighted by atomic mass is 79.9. The number of rotatable bonds is 5. The quantitative estimate of drug-likeness (QED) is 0.896. The molecule has 2 nitrogen and oxygen atoms in total. The van der Waals surface area contributed by atoms with Crippen LogP contribution >= 0.6 is 15.9 Å². The fourth-order valence-corrected chi connectivity index (χ4v) is 2.65. The number of benzene rings is 1. The number of hydrogen-bond acceptors (Lipinski definition) is 2. The monoisotopic (exact) mass is 318 g/mol.